The lowest BCUT2D eigenvalue weighted by Gasteiger charge is -2.32. The second kappa shape index (κ2) is 6.18. The van der Waals surface area contributed by atoms with Gasteiger partial charge in [0.2, 0.25) is 0 Å². The molecule has 0 amide bonds. The van der Waals surface area contributed by atoms with Gasteiger partial charge in [-0.3, -0.25) is 0 Å². The van der Waals surface area contributed by atoms with Crippen molar-refractivity contribution in [1.82, 2.24) is 4.90 Å². The molecule has 0 aromatic heterocycles. The lowest BCUT2D eigenvalue weighted by Crippen LogP contribution is -2.35. The minimum absolute atomic E-state index is 0.759. The molecule has 1 saturated heterocycles. The Kier molecular flexibility index (Phi) is 4.57. The smallest absolute Gasteiger partial charge is 0.0589 e. The summed E-state index contributed by atoms with van der Waals surface area (Å²) in [5.41, 5.74) is 2.87. The third-order valence-corrected chi connectivity index (χ3v) is 3.75. The molecule has 2 nitrogen and oxygen atoms in total. The van der Waals surface area contributed by atoms with Crippen molar-refractivity contribution < 1.29 is 4.74 Å². The number of benzene rings is 1. The molecule has 0 saturated carbocycles. The number of methoxy groups -OCH3 is 1. The Morgan fingerprint density at radius 1 is 1.18 bits per heavy atom. The Morgan fingerprint density at radius 3 is 2.41 bits per heavy atom. The fourth-order valence-corrected chi connectivity index (χ4v) is 2.55. The van der Waals surface area contributed by atoms with Gasteiger partial charge in [-0.1, -0.05) is 29.8 Å². The van der Waals surface area contributed by atoms with E-state index in [-0.39, 0.29) is 0 Å². The van der Waals surface area contributed by atoms with Gasteiger partial charge in [-0.15, -0.1) is 0 Å². The normalized spacial score (nSPS) is 18.5. The molecule has 1 aliphatic rings. The maximum Gasteiger partial charge on any atom is 0.0589 e. The Bertz CT molecular complexity index is 325. The summed E-state index contributed by atoms with van der Waals surface area (Å²) in [5.74, 6) is 0.759. The molecule has 1 heterocycles. The van der Waals surface area contributed by atoms with Gasteiger partial charge in [-0.05, 0) is 44.3 Å². The van der Waals surface area contributed by atoms with Crippen molar-refractivity contribution in [3.8, 4) is 0 Å². The molecule has 1 fully saturated rings. The van der Waals surface area contributed by atoms with Gasteiger partial charge >= 0.3 is 0 Å². The van der Waals surface area contributed by atoms with Gasteiger partial charge in [0.05, 0.1) is 6.61 Å². The van der Waals surface area contributed by atoms with Crippen LogP contribution < -0.4 is 0 Å². The molecule has 2 rings (SSSR count). The van der Waals surface area contributed by atoms with E-state index in [1.165, 1.54) is 37.1 Å². The van der Waals surface area contributed by atoms with Crippen molar-refractivity contribution >= 4 is 0 Å². The summed E-state index contributed by atoms with van der Waals surface area (Å²) in [7, 11) is 1.78. The maximum atomic E-state index is 5.13. The van der Waals surface area contributed by atoms with E-state index >= 15 is 0 Å². The average Bonchev–Trinajstić information content (AvgIpc) is 2.38. The largest absolute Gasteiger partial charge is 0.383 e. The molecule has 0 atom stereocenters. The van der Waals surface area contributed by atoms with Crippen LogP contribution in [0.2, 0.25) is 0 Å². The summed E-state index contributed by atoms with van der Waals surface area (Å²) >= 11 is 0. The first-order valence-electron chi connectivity index (χ1n) is 6.57. The molecular formula is C15H23NO. The van der Waals surface area contributed by atoms with Gasteiger partial charge in [0.1, 0.15) is 0 Å². The monoisotopic (exact) mass is 233 g/mol. The average molecular weight is 233 g/mol. The van der Waals surface area contributed by atoms with Crippen LogP contribution >= 0.6 is 0 Å². The molecule has 1 aromatic carbocycles. The van der Waals surface area contributed by atoms with E-state index < -0.39 is 0 Å². The predicted octanol–water partition coefficient (Wildman–Crippen LogP) is 2.82. The molecule has 0 bridgehead atoms. The van der Waals surface area contributed by atoms with Crippen molar-refractivity contribution in [3.05, 3.63) is 35.4 Å². The van der Waals surface area contributed by atoms with E-state index in [4.69, 9.17) is 4.74 Å². The number of rotatable bonds is 4. The SMILES string of the molecule is COCCN1CCC(c2ccc(C)cc2)CC1. The third kappa shape index (κ3) is 3.55. The highest BCUT2D eigenvalue weighted by molar-refractivity contribution is 5.24. The zero-order valence-electron chi connectivity index (χ0n) is 11.0. The minimum atomic E-state index is 0.759. The molecule has 1 aliphatic heterocycles. The fourth-order valence-electron chi connectivity index (χ4n) is 2.55. The Labute approximate surface area is 105 Å². The molecule has 0 N–H and O–H groups in total. The van der Waals surface area contributed by atoms with Crippen molar-refractivity contribution in [3.63, 3.8) is 0 Å². The molecular weight excluding hydrogens is 210 g/mol. The van der Waals surface area contributed by atoms with E-state index in [0.29, 0.717) is 0 Å². The zero-order chi connectivity index (χ0) is 12.1. The van der Waals surface area contributed by atoms with Crippen LogP contribution in [0.15, 0.2) is 24.3 Å². The first-order chi connectivity index (χ1) is 8.29. The molecule has 0 unspecified atom stereocenters. The van der Waals surface area contributed by atoms with Crippen LogP contribution in [0.25, 0.3) is 0 Å². The van der Waals surface area contributed by atoms with Crippen molar-refractivity contribution in [2.75, 3.05) is 33.4 Å². The highest BCUT2D eigenvalue weighted by atomic mass is 16.5. The Hall–Kier alpha value is -0.860. The highest BCUT2D eigenvalue weighted by Gasteiger charge is 2.19. The summed E-state index contributed by atoms with van der Waals surface area (Å²) in [6.07, 6.45) is 2.57. The predicted molar refractivity (Wildman–Crippen MR) is 71.5 cm³/mol. The molecule has 0 spiro atoms. The van der Waals surface area contributed by atoms with Gasteiger partial charge in [-0.25, -0.2) is 0 Å². The molecule has 94 valence electrons. The Balaban J connectivity index is 1.84. The first-order valence-corrected chi connectivity index (χ1v) is 6.57. The van der Waals surface area contributed by atoms with E-state index in [1.807, 2.05) is 0 Å². The summed E-state index contributed by atoms with van der Waals surface area (Å²) < 4.78 is 5.13. The highest BCUT2D eigenvalue weighted by Crippen LogP contribution is 2.27. The van der Waals surface area contributed by atoms with Crippen LogP contribution in [-0.4, -0.2) is 38.3 Å². The van der Waals surface area contributed by atoms with Crippen molar-refractivity contribution in [1.29, 1.82) is 0 Å². The van der Waals surface area contributed by atoms with Crippen LogP contribution in [0.1, 0.15) is 29.9 Å². The second-order valence-electron chi connectivity index (χ2n) is 5.02. The van der Waals surface area contributed by atoms with E-state index in [1.54, 1.807) is 7.11 Å². The molecule has 1 aromatic rings. The number of piperidine rings is 1. The number of ether oxygens (including phenoxy) is 1. The van der Waals surface area contributed by atoms with Crippen molar-refractivity contribution in [2.45, 2.75) is 25.7 Å². The van der Waals surface area contributed by atoms with Gasteiger partial charge in [0.15, 0.2) is 0 Å². The van der Waals surface area contributed by atoms with Crippen LogP contribution in [-0.2, 0) is 4.74 Å². The Morgan fingerprint density at radius 2 is 1.82 bits per heavy atom. The van der Waals surface area contributed by atoms with Crippen LogP contribution in [0, 0.1) is 6.92 Å². The molecule has 2 heteroatoms. The van der Waals surface area contributed by atoms with Crippen LogP contribution in [0.3, 0.4) is 0 Å². The molecule has 0 aliphatic carbocycles. The summed E-state index contributed by atoms with van der Waals surface area (Å²) in [4.78, 5) is 2.51. The first kappa shape index (κ1) is 12.6. The van der Waals surface area contributed by atoms with Crippen LogP contribution in [0.5, 0.6) is 0 Å². The van der Waals surface area contributed by atoms with Gasteiger partial charge in [0, 0.05) is 13.7 Å². The number of aryl methyl sites for hydroxylation is 1. The standard InChI is InChI=1S/C15H23NO/c1-13-3-5-14(6-4-13)15-7-9-16(10-8-15)11-12-17-2/h3-6,15H,7-12H2,1-2H3. The van der Waals surface area contributed by atoms with Crippen molar-refractivity contribution in [2.24, 2.45) is 0 Å². The zero-order valence-corrected chi connectivity index (χ0v) is 11.0. The summed E-state index contributed by atoms with van der Waals surface area (Å²) in [6.45, 7) is 6.51. The number of hydrogen-bond donors (Lipinski definition) is 0. The minimum Gasteiger partial charge on any atom is -0.383 e. The second-order valence-corrected chi connectivity index (χ2v) is 5.02. The lowest BCUT2D eigenvalue weighted by molar-refractivity contribution is 0.130. The fraction of sp³-hybridized carbons (Fsp3) is 0.600. The third-order valence-electron chi connectivity index (χ3n) is 3.75. The quantitative estimate of drug-likeness (QED) is 0.793. The topological polar surface area (TPSA) is 12.5 Å². The summed E-state index contributed by atoms with van der Waals surface area (Å²) in [5, 5.41) is 0. The van der Waals surface area contributed by atoms with E-state index in [9.17, 15) is 0 Å². The maximum absolute atomic E-state index is 5.13. The van der Waals surface area contributed by atoms with Gasteiger partial charge < -0.3 is 9.64 Å². The molecule has 0 radical (unpaired) electrons. The number of likely N-dealkylation sites (tertiary alicyclic amines) is 1. The molecule has 17 heavy (non-hydrogen) atoms. The van der Waals surface area contributed by atoms with Gasteiger partial charge in [-0.2, -0.15) is 0 Å². The summed E-state index contributed by atoms with van der Waals surface area (Å²) in [6, 6.07) is 9.05. The van der Waals surface area contributed by atoms with Crippen LogP contribution in [0.4, 0.5) is 0 Å². The number of hydrogen-bond acceptors (Lipinski definition) is 2. The van der Waals surface area contributed by atoms with Gasteiger partial charge in [0.25, 0.3) is 0 Å². The number of nitrogens with zero attached hydrogens (tertiary/aromatic N) is 1. The lowest BCUT2D eigenvalue weighted by atomic mass is 9.89. The van der Waals surface area contributed by atoms with E-state index in [0.717, 1.165) is 19.1 Å². The van der Waals surface area contributed by atoms with E-state index in [2.05, 4.69) is 36.1 Å².